The largest absolute Gasteiger partial charge is 0.592 e. The molecule has 18 heavy (non-hydrogen) atoms. The van der Waals surface area contributed by atoms with Gasteiger partial charge in [-0.25, -0.2) is 0 Å². The van der Waals surface area contributed by atoms with E-state index in [1.165, 1.54) is 11.9 Å². The predicted octanol–water partition coefficient (Wildman–Crippen LogP) is 4.31. The van der Waals surface area contributed by atoms with Crippen LogP contribution >= 0.6 is 35.1 Å². The van der Waals surface area contributed by atoms with Gasteiger partial charge in [0.05, 0.1) is 11.4 Å². The molecule has 2 aromatic carbocycles. The maximum atomic E-state index is 11.9. The van der Waals surface area contributed by atoms with Crippen LogP contribution in [0.15, 0.2) is 58.3 Å². The summed E-state index contributed by atoms with van der Waals surface area (Å²) in [6.45, 7) is 0. The van der Waals surface area contributed by atoms with E-state index in [1.807, 2.05) is 12.1 Å². The third kappa shape index (κ3) is 4.09. The molecule has 2 aromatic rings. The molecule has 0 saturated heterocycles. The smallest absolute Gasteiger partial charge is 0.174 e. The van der Waals surface area contributed by atoms with E-state index in [0.717, 1.165) is 4.90 Å². The molecule has 0 bridgehead atoms. The highest BCUT2D eigenvalue weighted by atomic mass is 35.5. The Morgan fingerprint density at radius 3 is 1.94 bits per heavy atom. The van der Waals surface area contributed by atoms with Crippen LogP contribution in [0.1, 0.15) is 0 Å². The lowest BCUT2D eigenvalue weighted by atomic mass is 10.4. The first kappa shape index (κ1) is 14.1. The third-order valence-corrected chi connectivity index (χ3v) is 4.73. The SMILES string of the molecule is [O-][S+](NSc1ccc(Cl)cc1)c1ccc(Cl)cc1. The molecule has 0 aliphatic rings. The van der Waals surface area contributed by atoms with Gasteiger partial charge in [-0.3, -0.25) is 0 Å². The zero-order chi connectivity index (χ0) is 13.0. The molecule has 0 amide bonds. The molecule has 2 nitrogen and oxygen atoms in total. The second-order valence-corrected chi connectivity index (χ2v) is 6.59. The Bertz CT molecular complexity index is 504. The lowest BCUT2D eigenvalue weighted by Crippen LogP contribution is -2.16. The van der Waals surface area contributed by atoms with E-state index in [2.05, 4.69) is 4.13 Å². The van der Waals surface area contributed by atoms with E-state index in [4.69, 9.17) is 23.2 Å². The molecule has 6 heteroatoms. The number of halogens is 2. The highest BCUT2D eigenvalue weighted by molar-refractivity contribution is 8.09. The Morgan fingerprint density at radius 1 is 0.889 bits per heavy atom. The normalized spacial score (nSPS) is 12.4. The quantitative estimate of drug-likeness (QED) is 0.674. The zero-order valence-corrected chi connectivity index (χ0v) is 12.2. The number of benzene rings is 2. The highest BCUT2D eigenvalue weighted by Crippen LogP contribution is 2.21. The van der Waals surface area contributed by atoms with Crippen molar-refractivity contribution in [1.29, 1.82) is 0 Å². The van der Waals surface area contributed by atoms with Crippen molar-refractivity contribution in [2.75, 3.05) is 0 Å². The minimum absolute atomic E-state index is 0.626. The molecule has 0 saturated carbocycles. The summed E-state index contributed by atoms with van der Waals surface area (Å²) >= 11 is 11.6. The van der Waals surface area contributed by atoms with E-state index in [9.17, 15) is 4.55 Å². The zero-order valence-electron chi connectivity index (χ0n) is 9.10. The third-order valence-electron chi connectivity index (χ3n) is 2.08. The molecule has 0 aromatic heterocycles. The summed E-state index contributed by atoms with van der Waals surface area (Å²) in [7, 11) is 0. The summed E-state index contributed by atoms with van der Waals surface area (Å²) in [5.41, 5.74) is 0. The average molecular weight is 318 g/mol. The van der Waals surface area contributed by atoms with Gasteiger partial charge in [-0.2, -0.15) is 0 Å². The van der Waals surface area contributed by atoms with Crippen molar-refractivity contribution in [2.45, 2.75) is 9.79 Å². The van der Waals surface area contributed by atoms with Crippen molar-refractivity contribution in [1.82, 2.24) is 4.13 Å². The molecule has 0 radical (unpaired) electrons. The van der Waals surface area contributed by atoms with Crippen LogP contribution in [0.5, 0.6) is 0 Å². The van der Waals surface area contributed by atoms with Crippen molar-refractivity contribution in [3.63, 3.8) is 0 Å². The first-order chi connectivity index (χ1) is 8.65. The summed E-state index contributed by atoms with van der Waals surface area (Å²) in [5.74, 6) is 0. The summed E-state index contributed by atoms with van der Waals surface area (Å²) in [5, 5.41) is 1.30. The predicted molar refractivity (Wildman–Crippen MR) is 78.3 cm³/mol. The molecule has 2 rings (SSSR count). The molecule has 1 unspecified atom stereocenters. The first-order valence-corrected chi connectivity index (χ1v) is 7.73. The minimum atomic E-state index is -1.28. The lowest BCUT2D eigenvalue weighted by Gasteiger charge is -2.09. The van der Waals surface area contributed by atoms with Gasteiger partial charge < -0.3 is 4.55 Å². The standard InChI is InChI=1S/C12H9Cl2NOS2/c13-9-1-5-11(6-2-9)17-15-18(16)12-7-3-10(14)4-8-12/h1-8,15H. The molecule has 0 heterocycles. The lowest BCUT2D eigenvalue weighted by molar-refractivity contribution is 0.593. The van der Waals surface area contributed by atoms with Gasteiger partial charge in [0.2, 0.25) is 0 Å². The number of rotatable bonds is 4. The van der Waals surface area contributed by atoms with E-state index < -0.39 is 11.4 Å². The van der Waals surface area contributed by atoms with Crippen LogP contribution in [-0.4, -0.2) is 4.55 Å². The van der Waals surface area contributed by atoms with E-state index >= 15 is 0 Å². The van der Waals surface area contributed by atoms with Crippen molar-refractivity contribution in [2.24, 2.45) is 0 Å². The maximum absolute atomic E-state index is 11.9. The molecular weight excluding hydrogens is 309 g/mol. The van der Waals surface area contributed by atoms with Crippen LogP contribution in [0.25, 0.3) is 0 Å². The van der Waals surface area contributed by atoms with Crippen molar-refractivity contribution < 1.29 is 4.55 Å². The van der Waals surface area contributed by atoms with Crippen LogP contribution in [0.2, 0.25) is 10.0 Å². The Labute approximate surface area is 123 Å². The van der Waals surface area contributed by atoms with Gasteiger partial charge in [0.25, 0.3) is 0 Å². The number of hydrogen-bond donors (Lipinski definition) is 1. The molecule has 94 valence electrons. The first-order valence-electron chi connectivity index (χ1n) is 5.00. The molecular formula is C12H9Cl2NOS2. The van der Waals surface area contributed by atoms with Crippen LogP contribution in [0.3, 0.4) is 0 Å². The highest BCUT2D eigenvalue weighted by Gasteiger charge is 2.11. The van der Waals surface area contributed by atoms with Gasteiger partial charge in [0.1, 0.15) is 0 Å². The maximum Gasteiger partial charge on any atom is 0.174 e. The van der Waals surface area contributed by atoms with Crippen LogP contribution in [0, 0.1) is 0 Å². The second-order valence-electron chi connectivity index (χ2n) is 3.36. The Hall–Kier alpha value is -0.360. The van der Waals surface area contributed by atoms with Crippen molar-refractivity contribution in [3.8, 4) is 0 Å². The van der Waals surface area contributed by atoms with Gasteiger partial charge >= 0.3 is 0 Å². The van der Waals surface area contributed by atoms with Crippen LogP contribution in [-0.2, 0) is 11.4 Å². The van der Waals surface area contributed by atoms with Crippen LogP contribution < -0.4 is 4.13 Å². The fourth-order valence-electron chi connectivity index (χ4n) is 1.19. The van der Waals surface area contributed by atoms with Crippen molar-refractivity contribution in [3.05, 3.63) is 58.6 Å². The van der Waals surface area contributed by atoms with Crippen LogP contribution in [0.4, 0.5) is 0 Å². The molecule has 0 aliphatic heterocycles. The van der Waals surface area contributed by atoms with Gasteiger partial charge in [0, 0.05) is 26.9 Å². The summed E-state index contributed by atoms with van der Waals surface area (Å²) < 4.78 is 14.8. The Balaban J connectivity index is 1.93. The molecule has 1 N–H and O–H groups in total. The van der Waals surface area contributed by atoms with E-state index in [-0.39, 0.29) is 0 Å². The van der Waals surface area contributed by atoms with E-state index in [0.29, 0.717) is 14.9 Å². The minimum Gasteiger partial charge on any atom is -0.592 e. The molecule has 1 atom stereocenters. The van der Waals surface area contributed by atoms with Gasteiger partial charge in [0.15, 0.2) is 4.90 Å². The van der Waals surface area contributed by atoms with Gasteiger partial charge in [-0.05, 0) is 48.5 Å². The van der Waals surface area contributed by atoms with Gasteiger partial charge in [-0.1, -0.05) is 27.3 Å². The fourth-order valence-corrected chi connectivity index (χ4v) is 3.17. The Morgan fingerprint density at radius 2 is 1.39 bits per heavy atom. The Kier molecular flexibility index (Phi) is 5.24. The van der Waals surface area contributed by atoms with Gasteiger partial charge in [-0.15, -0.1) is 0 Å². The second kappa shape index (κ2) is 6.70. The van der Waals surface area contributed by atoms with Crippen molar-refractivity contribution >= 4 is 46.5 Å². The van der Waals surface area contributed by atoms with E-state index in [1.54, 1.807) is 36.4 Å². The summed E-state index contributed by atoms with van der Waals surface area (Å²) in [6.07, 6.45) is 0. The molecule has 0 fully saturated rings. The average Bonchev–Trinajstić information content (AvgIpc) is 2.38. The summed E-state index contributed by atoms with van der Waals surface area (Å²) in [6, 6.07) is 14.2. The molecule has 0 aliphatic carbocycles. The fraction of sp³-hybridized carbons (Fsp3) is 0. The summed E-state index contributed by atoms with van der Waals surface area (Å²) in [4.78, 5) is 1.63. The number of nitrogens with one attached hydrogen (secondary N) is 1. The topological polar surface area (TPSA) is 35.1 Å². The monoisotopic (exact) mass is 317 g/mol. The molecule has 0 spiro atoms. The number of hydrogen-bond acceptors (Lipinski definition) is 3.